The molecule has 0 heterocycles. The molecule has 2 aromatic rings. The van der Waals surface area contributed by atoms with E-state index in [1.54, 1.807) is 0 Å². The molecular formula is C22H27NO. The van der Waals surface area contributed by atoms with Gasteiger partial charge < -0.3 is 4.90 Å². The van der Waals surface area contributed by atoms with Crippen molar-refractivity contribution in [2.45, 2.75) is 33.7 Å². The summed E-state index contributed by atoms with van der Waals surface area (Å²) < 4.78 is 0. The minimum Gasteiger partial charge on any atom is -0.332 e. The Hall–Kier alpha value is -2.35. The van der Waals surface area contributed by atoms with E-state index in [0.717, 1.165) is 11.1 Å². The van der Waals surface area contributed by atoms with Gasteiger partial charge in [0, 0.05) is 12.0 Å². The Morgan fingerprint density at radius 3 is 2.08 bits per heavy atom. The number of benzene rings is 2. The van der Waals surface area contributed by atoms with Crippen LogP contribution in [0.1, 0.15) is 44.9 Å². The highest BCUT2D eigenvalue weighted by Crippen LogP contribution is 2.26. The molecule has 0 aliphatic rings. The summed E-state index contributed by atoms with van der Waals surface area (Å²) >= 11 is 0. The summed E-state index contributed by atoms with van der Waals surface area (Å²) in [4.78, 5) is 14.9. The van der Waals surface area contributed by atoms with Gasteiger partial charge in [0.1, 0.15) is 0 Å². The van der Waals surface area contributed by atoms with Crippen molar-refractivity contribution in [2.24, 2.45) is 5.41 Å². The first-order valence-electron chi connectivity index (χ1n) is 8.47. The lowest BCUT2D eigenvalue weighted by atomic mass is 9.93. The lowest BCUT2D eigenvalue weighted by molar-refractivity contribution is -0.141. The second-order valence-electron chi connectivity index (χ2n) is 7.11. The van der Waals surface area contributed by atoms with Crippen LogP contribution in [0.15, 0.2) is 66.7 Å². The third-order valence-electron chi connectivity index (χ3n) is 4.06. The quantitative estimate of drug-likeness (QED) is 0.728. The first-order valence-corrected chi connectivity index (χ1v) is 8.47. The highest BCUT2D eigenvalue weighted by atomic mass is 16.2. The maximum absolute atomic E-state index is 12.9. The van der Waals surface area contributed by atoms with Crippen LogP contribution in [0, 0.1) is 5.41 Å². The van der Waals surface area contributed by atoms with Gasteiger partial charge in [0.25, 0.3) is 0 Å². The largest absolute Gasteiger partial charge is 0.332 e. The normalized spacial score (nSPS) is 13.0. The molecule has 2 heteroatoms. The third kappa shape index (κ3) is 4.82. The summed E-state index contributed by atoms with van der Waals surface area (Å²) in [6.07, 6.45) is 4.14. The third-order valence-corrected chi connectivity index (χ3v) is 4.06. The smallest absolute Gasteiger partial charge is 0.228 e. The van der Waals surface area contributed by atoms with E-state index < -0.39 is 5.41 Å². The molecule has 24 heavy (non-hydrogen) atoms. The highest BCUT2D eigenvalue weighted by molar-refractivity contribution is 5.82. The molecule has 0 saturated heterocycles. The molecule has 0 N–H and O–H groups in total. The summed E-state index contributed by atoms with van der Waals surface area (Å²) in [5.74, 6) is 0.163. The van der Waals surface area contributed by atoms with Gasteiger partial charge in [-0.3, -0.25) is 4.79 Å². The van der Waals surface area contributed by atoms with Crippen molar-refractivity contribution in [1.82, 2.24) is 4.90 Å². The van der Waals surface area contributed by atoms with E-state index in [2.05, 4.69) is 43.3 Å². The molecule has 1 amide bonds. The minimum atomic E-state index is -0.399. The van der Waals surface area contributed by atoms with E-state index >= 15 is 0 Å². The lowest BCUT2D eigenvalue weighted by Gasteiger charge is -2.34. The number of nitrogens with zero attached hydrogens (tertiary/aromatic N) is 1. The summed E-state index contributed by atoms with van der Waals surface area (Å²) in [6.45, 7) is 8.61. The number of amides is 1. The molecule has 2 rings (SSSR count). The number of carbonyl (C=O) groups excluding carboxylic acids is 1. The van der Waals surface area contributed by atoms with Crippen LogP contribution in [0.3, 0.4) is 0 Å². The standard InChI is InChI=1S/C22H27NO/c1-18(20-15-9-6-10-16-20)23(21(24)22(2,3)4)17-11-14-19-12-7-5-8-13-19/h5-16,18H,17H2,1-4H3/b14-11+. The molecule has 126 valence electrons. The van der Waals surface area contributed by atoms with Crippen LogP contribution < -0.4 is 0 Å². The van der Waals surface area contributed by atoms with Gasteiger partial charge in [-0.15, -0.1) is 0 Å². The van der Waals surface area contributed by atoms with Gasteiger partial charge in [0.15, 0.2) is 0 Å². The molecule has 2 nitrogen and oxygen atoms in total. The van der Waals surface area contributed by atoms with Gasteiger partial charge in [-0.1, -0.05) is 93.6 Å². The fourth-order valence-corrected chi connectivity index (χ4v) is 2.63. The molecule has 0 spiro atoms. The van der Waals surface area contributed by atoms with Gasteiger partial charge in [-0.2, -0.15) is 0 Å². The van der Waals surface area contributed by atoms with E-state index in [0.29, 0.717) is 6.54 Å². The van der Waals surface area contributed by atoms with Gasteiger partial charge >= 0.3 is 0 Å². The molecule has 0 radical (unpaired) electrons. The zero-order chi connectivity index (χ0) is 17.6. The number of carbonyl (C=O) groups is 1. The van der Waals surface area contributed by atoms with Gasteiger partial charge in [0.2, 0.25) is 5.91 Å². The molecule has 0 fully saturated rings. The Labute approximate surface area is 145 Å². The van der Waals surface area contributed by atoms with Crippen LogP contribution in [0.25, 0.3) is 6.08 Å². The second-order valence-corrected chi connectivity index (χ2v) is 7.11. The summed E-state index contributed by atoms with van der Waals surface area (Å²) in [6, 6.07) is 20.4. The average molecular weight is 321 g/mol. The minimum absolute atomic E-state index is 0.0401. The Kier molecular flexibility index (Phi) is 5.97. The van der Waals surface area contributed by atoms with Crippen LogP contribution >= 0.6 is 0 Å². The fourth-order valence-electron chi connectivity index (χ4n) is 2.63. The van der Waals surface area contributed by atoms with Crippen LogP contribution in [-0.4, -0.2) is 17.4 Å². The summed E-state index contributed by atoms with van der Waals surface area (Å²) in [7, 11) is 0. The first-order chi connectivity index (χ1) is 11.4. The number of hydrogen-bond acceptors (Lipinski definition) is 1. The zero-order valence-corrected chi connectivity index (χ0v) is 15.1. The fraction of sp³-hybridized carbons (Fsp3) is 0.318. The van der Waals surface area contributed by atoms with Crippen molar-refractivity contribution in [2.75, 3.05) is 6.54 Å². The summed E-state index contributed by atoms with van der Waals surface area (Å²) in [5.41, 5.74) is 1.90. The van der Waals surface area contributed by atoms with Crippen LogP contribution in [-0.2, 0) is 4.79 Å². The zero-order valence-electron chi connectivity index (χ0n) is 15.1. The second kappa shape index (κ2) is 7.96. The first kappa shape index (κ1) is 18.0. The maximum Gasteiger partial charge on any atom is 0.228 e. The van der Waals surface area contributed by atoms with Crippen molar-refractivity contribution < 1.29 is 4.79 Å². The Bertz CT molecular complexity index is 668. The monoisotopic (exact) mass is 321 g/mol. The van der Waals surface area contributed by atoms with Crippen LogP contribution in [0.5, 0.6) is 0 Å². The Morgan fingerprint density at radius 2 is 1.54 bits per heavy atom. The predicted molar refractivity (Wildman–Crippen MR) is 102 cm³/mol. The molecule has 0 bridgehead atoms. The maximum atomic E-state index is 12.9. The van der Waals surface area contributed by atoms with Crippen molar-refractivity contribution >= 4 is 12.0 Å². The SMILES string of the molecule is CC(c1ccccc1)N(C/C=C/c1ccccc1)C(=O)C(C)(C)C. The number of hydrogen-bond donors (Lipinski definition) is 0. The van der Waals surface area contributed by atoms with E-state index in [-0.39, 0.29) is 11.9 Å². The molecule has 0 aliphatic carbocycles. The van der Waals surface area contributed by atoms with Crippen molar-refractivity contribution in [3.05, 3.63) is 77.9 Å². The van der Waals surface area contributed by atoms with Crippen LogP contribution in [0.2, 0.25) is 0 Å². The molecule has 0 aliphatic heterocycles. The van der Waals surface area contributed by atoms with Gasteiger partial charge in [-0.05, 0) is 18.1 Å². The molecule has 2 aromatic carbocycles. The van der Waals surface area contributed by atoms with Crippen molar-refractivity contribution in [3.8, 4) is 0 Å². The molecule has 0 saturated carbocycles. The Morgan fingerprint density at radius 1 is 1.00 bits per heavy atom. The van der Waals surface area contributed by atoms with E-state index in [9.17, 15) is 4.79 Å². The van der Waals surface area contributed by atoms with Crippen molar-refractivity contribution in [3.63, 3.8) is 0 Å². The highest BCUT2D eigenvalue weighted by Gasteiger charge is 2.30. The van der Waals surface area contributed by atoms with Gasteiger partial charge in [0.05, 0.1) is 6.04 Å². The Balaban J connectivity index is 2.20. The lowest BCUT2D eigenvalue weighted by Crippen LogP contribution is -2.41. The number of rotatable bonds is 5. The van der Waals surface area contributed by atoms with E-state index in [1.807, 2.05) is 62.1 Å². The topological polar surface area (TPSA) is 20.3 Å². The van der Waals surface area contributed by atoms with E-state index in [4.69, 9.17) is 0 Å². The molecule has 0 aromatic heterocycles. The molecular weight excluding hydrogens is 294 g/mol. The predicted octanol–water partition coefficient (Wildman–Crippen LogP) is 5.34. The van der Waals surface area contributed by atoms with Gasteiger partial charge in [-0.25, -0.2) is 0 Å². The summed E-state index contributed by atoms with van der Waals surface area (Å²) in [5, 5.41) is 0. The average Bonchev–Trinajstić information content (AvgIpc) is 2.58. The van der Waals surface area contributed by atoms with Crippen molar-refractivity contribution in [1.29, 1.82) is 0 Å². The van der Waals surface area contributed by atoms with Crippen LogP contribution in [0.4, 0.5) is 0 Å². The molecule has 1 unspecified atom stereocenters. The van der Waals surface area contributed by atoms with E-state index in [1.165, 1.54) is 0 Å². The molecule has 1 atom stereocenters.